The molecule has 0 radical (unpaired) electrons. The largest absolute Gasteiger partial charge is 0.445 e. The molecule has 0 spiro atoms. The van der Waals surface area contributed by atoms with Crippen molar-refractivity contribution in [2.75, 3.05) is 6.54 Å². The molecule has 0 bridgehead atoms. The SMILES string of the molecule is O=C(c1c[nH]c2ccc(Br)cc12)C1CCCN1C(=O)OCc1ccccc1. The topological polar surface area (TPSA) is 62.4 Å². The number of halogens is 1. The summed E-state index contributed by atoms with van der Waals surface area (Å²) in [7, 11) is 0. The Balaban J connectivity index is 1.51. The van der Waals surface area contributed by atoms with Crippen molar-refractivity contribution in [1.82, 2.24) is 9.88 Å². The third kappa shape index (κ3) is 3.62. The van der Waals surface area contributed by atoms with Gasteiger partial charge in [0.15, 0.2) is 5.78 Å². The Morgan fingerprint density at radius 2 is 2.00 bits per heavy atom. The first kappa shape index (κ1) is 17.8. The number of H-pyrrole nitrogens is 1. The summed E-state index contributed by atoms with van der Waals surface area (Å²) in [6.45, 7) is 0.743. The van der Waals surface area contributed by atoms with Gasteiger partial charge in [0.05, 0.1) is 6.04 Å². The van der Waals surface area contributed by atoms with Crippen molar-refractivity contribution in [2.24, 2.45) is 0 Å². The summed E-state index contributed by atoms with van der Waals surface area (Å²) in [5, 5.41) is 0.860. The molecule has 4 rings (SSSR count). The number of ether oxygens (including phenoxy) is 1. The zero-order chi connectivity index (χ0) is 18.8. The van der Waals surface area contributed by atoms with E-state index in [4.69, 9.17) is 4.74 Å². The van der Waals surface area contributed by atoms with Crippen LogP contribution in [0.4, 0.5) is 4.79 Å². The lowest BCUT2D eigenvalue weighted by Gasteiger charge is -2.23. The lowest BCUT2D eigenvalue weighted by Crippen LogP contribution is -2.40. The molecule has 1 aliphatic heterocycles. The minimum atomic E-state index is -0.480. The van der Waals surface area contributed by atoms with Gasteiger partial charge in [-0.15, -0.1) is 0 Å². The summed E-state index contributed by atoms with van der Waals surface area (Å²) in [5.41, 5.74) is 2.44. The van der Waals surface area contributed by atoms with Crippen LogP contribution >= 0.6 is 15.9 Å². The van der Waals surface area contributed by atoms with Gasteiger partial charge in [0.25, 0.3) is 0 Å². The monoisotopic (exact) mass is 426 g/mol. The zero-order valence-corrected chi connectivity index (χ0v) is 16.2. The molecule has 0 aliphatic carbocycles. The maximum Gasteiger partial charge on any atom is 0.410 e. The number of aromatic nitrogens is 1. The molecule has 3 aromatic rings. The van der Waals surface area contributed by atoms with Gasteiger partial charge in [-0.05, 0) is 36.6 Å². The minimum absolute atomic E-state index is 0.0477. The van der Waals surface area contributed by atoms with Gasteiger partial charge in [0.1, 0.15) is 6.61 Å². The van der Waals surface area contributed by atoms with E-state index in [0.717, 1.165) is 27.4 Å². The number of likely N-dealkylation sites (tertiary alicyclic amines) is 1. The summed E-state index contributed by atoms with van der Waals surface area (Å²) in [5.74, 6) is -0.0477. The summed E-state index contributed by atoms with van der Waals surface area (Å²) >= 11 is 3.45. The maximum absolute atomic E-state index is 13.1. The number of ketones is 1. The molecule has 2 aromatic carbocycles. The van der Waals surface area contributed by atoms with Crippen LogP contribution in [0.2, 0.25) is 0 Å². The van der Waals surface area contributed by atoms with Crippen molar-refractivity contribution in [3.8, 4) is 0 Å². The number of carbonyl (C=O) groups excluding carboxylic acids is 2. The second-order valence-electron chi connectivity index (χ2n) is 6.65. The fourth-order valence-electron chi connectivity index (χ4n) is 3.54. The Morgan fingerprint density at radius 1 is 1.19 bits per heavy atom. The van der Waals surface area contributed by atoms with Gasteiger partial charge >= 0.3 is 6.09 Å². The number of hydrogen-bond donors (Lipinski definition) is 1. The van der Waals surface area contributed by atoms with E-state index in [9.17, 15) is 9.59 Å². The highest BCUT2D eigenvalue weighted by atomic mass is 79.9. The van der Waals surface area contributed by atoms with Crippen LogP contribution < -0.4 is 0 Å². The highest BCUT2D eigenvalue weighted by Gasteiger charge is 2.36. The van der Waals surface area contributed by atoms with E-state index in [1.807, 2.05) is 48.5 Å². The number of carbonyl (C=O) groups is 2. The average molecular weight is 427 g/mol. The Bertz CT molecular complexity index is 984. The molecule has 1 unspecified atom stereocenters. The number of hydrogen-bond acceptors (Lipinski definition) is 3. The van der Waals surface area contributed by atoms with Gasteiger partial charge in [-0.3, -0.25) is 9.69 Å². The summed E-state index contributed by atoms with van der Waals surface area (Å²) in [6, 6.07) is 14.8. The lowest BCUT2D eigenvalue weighted by molar-refractivity contribution is 0.0739. The average Bonchev–Trinajstić information content (AvgIpc) is 3.33. The highest BCUT2D eigenvalue weighted by molar-refractivity contribution is 9.10. The number of aromatic amines is 1. The zero-order valence-electron chi connectivity index (χ0n) is 14.7. The van der Waals surface area contributed by atoms with Gasteiger partial charge in [-0.25, -0.2) is 4.79 Å². The van der Waals surface area contributed by atoms with Crippen molar-refractivity contribution < 1.29 is 14.3 Å². The van der Waals surface area contributed by atoms with Crippen LogP contribution in [0, 0.1) is 0 Å². The second kappa shape index (κ2) is 7.56. The van der Waals surface area contributed by atoms with Crippen LogP contribution in [-0.2, 0) is 11.3 Å². The lowest BCUT2D eigenvalue weighted by atomic mass is 10.0. The molecule has 6 heteroatoms. The van der Waals surface area contributed by atoms with Crippen molar-refractivity contribution in [2.45, 2.75) is 25.5 Å². The first-order valence-electron chi connectivity index (χ1n) is 8.91. The third-order valence-electron chi connectivity index (χ3n) is 4.90. The molecule has 138 valence electrons. The molecule has 0 saturated carbocycles. The number of fused-ring (bicyclic) bond motifs is 1. The van der Waals surface area contributed by atoms with Crippen molar-refractivity contribution in [1.29, 1.82) is 0 Å². The van der Waals surface area contributed by atoms with Crippen molar-refractivity contribution in [3.63, 3.8) is 0 Å². The molecule has 1 amide bonds. The Labute approximate surface area is 165 Å². The van der Waals surface area contributed by atoms with Gasteiger partial charge in [0.2, 0.25) is 0 Å². The Hall–Kier alpha value is -2.60. The molecule has 1 aliphatic rings. The van der Waals surface area contributed by atoms with Crippen LogP contribution in [-0.4, -0.2) is 34.3 Å². The van der Waals surface area contributed by atoms with E-state index in [1.165, 1.54) is 0 Å². The molecule has 2 heterocycles. The second-order valence-corrected chi connectivity index (χ2v) is 7.56. The quantitative estimate of drug-likeness (QED) is 0.602. The van der Waals surface area contributed by atoms with E-state index in [0.29, 0.717) is 18.5 Å². The fourth-order valence-corrected chi connectivity index (χ4v) is 3.90. The predicted molar refractivity (Wildman–Crippen MR) is 107 cm³/mol. The summed E-state index contributed by atoms with van der Waals surface area (Å²) in [6.07, 6.45) is 2.74. The molecule has 1 atom stereocenters. The summed E-state index contributed by atoms with van der Waals surface area (Å²) in [4.78, 5) is 30.4. The molecule has 5 nitrogen and oxygen atoms in total. The predicted octanol–water partition coefficient (Wildman–Crippen LogP) is 4.91. The number of amides is 1. The van der Waals surface area contributed by atoms with Gasteiger partial charge < -0.3 is 9.72 Å². The number of benzene rings is 2. The van der Waals surface area contributed by atoms with E-state index in [-0.39, 0.29) is 12.4 Å². The molecular weight excluding hydrogens is 408 g/mol. The Morgan fingerprint density at radius 3 is 2.81 bits per heavy atom. The van der Waals surface area contributed by atoms with E-state index < -0.39 is 12.1 Å². The number of rotatable bonds is 4. The number of nitrogens with one attached hydrogen (secondary N) is 1. The maximum atomic E-state index is 13.1. The molecule has 1 aromatic heterocycles. The first-order chi connectivity index (χ1) is 13.1. The van der Waals surface area contributed by atoms with Crippen LogP contribution in [0.25, 0.3) is 10.9 Å². The highest BCUT2D eigenvalue weighted by Crippen LogP contribution is 2.28. The van der Waals surface area contributed by atoms with E-state index >= 15 is 0 Å². The first-order valence-corrected chi connectivity index (χ1v) is 9.71. The van der Waals surface area contributed by atoms with Crippen LogP contribution in [0.3, 0.4) is 0 Å². The van der Waals surface area contributed by atoms with Gasteiger partial charge in [-0.1, -0.05) is 46.3 Å². The smallest absolute Gasteiger partial charge is 0.410 e. The van der Waals surface area contributed by atoms with Crippen LogP contribution in [0.15, 0.2) is 59.2 Å². The molecule has 1 fully saturated rings. The number of Topliss-reactive ketones (excluding diaryl/α,β-unsaturated/α-hetero) is 1. The normalized spacial score (nSPS) is 16.6. The van der Waals surface area contributed by atoms with Crippen molar-refractivity contribution in [3.05, 3.63) is 70.3 Å². The van der Waals surface area contributed by atoms with E-state index in [1.54, 1.807) is 11.1 Å². The summed E-state index contributed by atoms with van der Waals surface area (Å²) < 4.78 is 6.35. The van der Waals surface area contributed by atoms with E-state index in [2.05, 4.69) is 20.9 Å². The third-order valence-corrected chi connectivity index (χ3v) is 5.40. The minimum Gasteiger partial charge on any atom is -0.445 e. The van der Waals surface area contributed by atoms with Gasteiger partial charge in [0, 0.05) is 33.7 Å². The molecular formula is C21H19BrN2O3. The fraction of sp³-hybridized carbons (Fsp3) is 0.238. The molecule has 1 N–H and O–H groups in total. The van der Waals surface area contributed by atoms with Crippen LogP contribution in [0.1, 0.15) is 28.8 Å². The molecule has 27 heavy (non-hydrogen) atoms. The van der Waals surface area contributed by atoms with Crippen LogP contribution in [0.5, 0.6) is 0 Å². The van der Waals surface area contributed by atoms with Gasteiger partial charge in [-0.2, -0.15) is 0 Å². The standard InChI is InChI=1S/C21H19BrN2O3/c22-15-8-9-18-16(11-15)17(12-23-18)20(25)19-7-4-10-24(19)21(26)27-13-14-5-2-1-3-6-14/h1-3,5-6,8-9,11-12,19,23H,4,7,10,13H2. The van der Waals surface area contributed by atoms with Crippen molar-refractivity contribution >= 4 is 38.7 Å². The number of nitrogens with zero attached hydrogens (tertiary/aromatic N) is 1. The molecule has 1 saturated heterocycles. The Kier molecular flexibility index (Phi) is 4.99.